The zero-order valence-corrected chi connectivity index (χ0v) is 12.5. The van der Waals surface area contributed by atoms with E-state index in [1.165, 1.54) is 25.7 Å². The standard InChI is InChI=1S/C15H30N2O2/c1-12(2)9-16-10-13(18)11-17-7-8-19-15-6-4-3-5-14(15)17/h12-16,18H,3-11H2,1-2H3. The molecule has 2 aliphatic rings. The van der Waals surface area contributed by atoms with E-state index in [9.17, 15) is 5.11 Å². The van der Waals surface area contributed by atoms with E-state index in [0.29, 0.717) is 24.6 Å². The maximum atomic E-state index is 10.2. The molecule has 4 heteroatoms. The quantitative estimate of drug-likeness (QED) is 0.762. The molecule has 2 N–H and O–H groups in total. The lowest BCUT2D eigenvalue weighted by Crippen LogP contribution is -2.55. The molecule has 2 rings (SSSR count). The smallest absolute Gasteiger partial charge is 0.0791 e. The Morgan fingerprint density at radius 2 is 2.05 bits per heavy atom. The first-order valence-corrected chi connectivity index (χ1v) is 7.91. The van der Waals surface area contributed by atoms with Gasteiger partial charge in [-0.25, -0.2) is 0 Å². The molecule has 3 atom stereocenters. The highest BCUT2D eigenvalue weighted by Gasteiger charge is 2.34. The number of rotatable bonds is 6. The average Bonchev–Trinajstić information content (AvgIpc) is 2.39. The lowest BCUT2D eigenvalue weighted by Gasteiger charge is -2.44. The summed E-state index contributed by atoms with van der Waals surface area (Å²) in [6.45, 7) is 8.65. The van der Waals surface area contributed by atoms with Gasteiger partial charge in [-0.15, -0.1) is 0 Å². The third-order valence-corrected chi connectivity index (χ3v) is 4.22. The monoisotopic (exact) mass is 270 g/mol. The van der Waals surface area contributed by atoms with Crippen molar-refractivity contribution in [1.29, 1.82) is 0 Å². The minimum absolute atomic E-state index is 0.264. The number of β-amino-alcohol motifs (C(OH)–C–C–N with tert-alkyl or cyclic N) is 1. The van der Waals surface area contributed by atoms with Crippen molar-refractivity contribution in [1.82, 2.24) is 10.2 Å². The van der Waals surface area contributed by atoms with Crippen LogP contribution in [0.15, 0.2) is 0 Å². The predicted octanol–water partition coefficient (Wildman–Crippen LogP) is 1.24. The van der Waals surface area contributed by atoms with Crippen LogP contribution in [-0.2, 0) is 4.74 Å². The number of nitrogens with one attached hydrogen (secondary N) is 1. The van der Waals surface area contributed by atoms with Gasteiger partial charge in [0.25, 0.3) is 0 Å². The van der Waals surface area contributed by atoms with Crippen LogP contribution in [0.3, 0.4) is 0 Å². The number of morpholine rings is 1. The summed E-state index contributed by atoms with van der Waals surface area (Å²) in [5, 5.41) is 13.5. The van der Waals surface area contributed by atoms with Crippen LogP contribution >= 0.6 is 0 Å². The van der Waals surface area contributed by atoms with Crippen LogP contribution in [-0.4, -0.2) is 61.0 Å². The maximum Gasteiger partial charge on any atom is 0.0791 e. The minimum Gasteiger partial charge on any atom is -0.390 e. The van der Waals surface area contributed by atoms with Gasteiger partial charge in [0.2, 0.25) is 0 Å². The topological polar surface area (TPSA) is 44.7 Å². The Kier molecular flexibility index (Phi) is 6.07. The van der Waals surface area contributed by atoms with Gasteiger partial charge in [-0.1, -0.05) is 26.7 Å². The van der Waals surface area contributed by atoms with Crippen LogP contribution in [0.2, 0.25) is 0 Å². The molecular formula is C15H30N2O2. The first-order valence-electron chi connectivity index (χ1n) is 7.91. The Bertz CT molecular complexity index is 259. The Hall–Kier alpha value is -0.160. The zero-order valence-electron chi connectivity index (χ0n) is 12.5. The number of hydrogen-bond donors (Lipinski definition) is 2. The molecule has 112 valence electrons. The first kappa shape index (κ1) is 15.2. The number of aliphatic hydroxyl groups is 1. The fourth-order valence-corrected chi connectivity index (χ4v) is 3.28. The molecule has 4 nitrogen and oxygen atoms in total. The summed E-state index contributed by atoms with van der Waals surface area (Å²) in [6.07, 6.45) is 5.19. The summed E-state index contributed by atoms with van der Waals surface area (Å²) in [4.78, 5) is 2.45. The Labute approximate surface area is 117 Å². The van der Waals surface area contributed by atoms with E-state index in [1.54, 1.807) is 0 Å². The van der Waals surface area contributed by atoms with Gasteiger partial charge in [-0.2, -0.15) is 0 Å². The van der Waals surface area contributed by atoms with E-state index in [0.717, 1.165) is 26.2 Å². The van der Waals surface area contributed by atoms with Crippen molar-refractivity contribution in [2.45, 2.75) is 57.8 Å². The lowest BCUT2D eigenvalue weighted by molar-refractivity contribution is -0.0969. The molecule has 0 spiro atoms. The Morgan fingerprint density at radius 1 is 1.26 bits per heavy atom. The second kappa shape index (κ2) is 7.58. The van der Waals surface area contributed by atoms with Crippen LogP contribution in [0.4, 0.5) is 0 Å². The highest BCUT2D eigenvalue weighted by atomic mass is 16.5. The molecule has 0 bridgehead atoms. The molecule has 0 aromatic rings. The fraction of sp³-hybridized carbons (Fsp3) is 1.00. The van der Waals surface area contributed by atoms with Gasteiger partial charge < -0.3 is 15.2 Å². The van der Waals surface area contributed by atoms with Crippen LogP contribution in [0.1, 0.15) is 39.5 Å². The molecule has 2 fully saturated rings. The summed E-state index contributed by atoms with van der Waals surface area (Å²) in [5.41, 5.74) is 0. The van der Waals surface area contributed by atoms with Gasteiger partial charge in [0, 0.05) is 25.7 Å². The summed E-state index contributed by atoms with van der Waals surface area (Å²) in [6, 6.07) is 0.544. The SMILES string of the molecule is CC(C)CNCC(O)CN1CCOC2CCCCC21. The van der Waals surface area contributed by atoms with Crippen molar-refractivity contribution in [3.63, 3.8) is 0 Å². The molecule has 1 saturated carbocycles. The second-order valence-electron chi connectivity index (χ2n) is 6.46. The van der Waals surface area contributed by atoms with Crippen LogP contribution in [0, 0.1) is 5.92 Å². The zero-order chi connectivity index (χ0) is 13.7. The minimum atomic E-state index is -0.264. The van der Waals surface area contributed by atoms with Gasteiger partial charge in [-0.05, 0) is 25.3 Å². The van der Waals surface area contributed by atoms with Crippen LogP contribution in [0.5, 0.6) is 0 Å². The number of nitrogens with zero attached hydrogens (tertiary/aromatic N) is 1. The molecule has 1 heterocycles. The van der Waals surface area contributed by atoms with Crippen LogP contribution < -0.4 is 5.32 Å². The summed E-state index contributed by atoms with van der Waals surface area (Å²) < 4.78 is 5.87. The summed E-state index contributed by atoms with van der Waals surface area (Å²) in [5.74, 6) is 0.637. The molecule has 0 radical (unpaired) electrons. The molecule has 0 aromatic carbocycles. The van der Waals surface area contributed by atoms with Gasteiger partial charge >= 0.3 is 0 Å². The van der Waals surface area contributed by atoms with Crippen molar-refractivity contribution < 1.29 is 9.84 Å². The Morgan fingerprint density at radius 3 is 2.84 bits per heavy atom. The van der Waals surface area contributed by atoms with Gasteiger partial charge in [0.15, 0.2) is 0 Å². The highest BCUT2D eigenvalue weighted by molar-refractivity contribution is 4.88. The van der Waals surface area contributed by atoms with Gasteiger partial charge in [0.05, 0.1) is 18.8 Å². The molecule has 3 unspecified atom stereocenters. The fourth-order valence-electron chi connectivity index (χ4n) is 3.28. The normalized spacial score (nSPS) is 30.3. The van der Waals surface area contributed by atoms with Crippen molar-refractivity contribution in [2.75, 3.05) is 32.8 Å². The molecule has 19 heavy (non-hydrogen) atoms. The second-order valence-corrected chi connectivity index (χ2v) is 6.46. The maximum absolute atomic E-state index is 10.2. The van der Waals surface area contributed by atoms with E-state index in [1.807, 2.05) is 0 Å². The number of ether oxygens (including phenoxy) is 1. The van der Waals surface area contributed by atoms with Crippen LogP contribution in [0.25, 0.3) is 0 Å². The molecule has 1 saturated heterocycles. The van der Waals surface area contributed by atoms with E-state index in [4.69, 9.17) is 4.74 Å². The molecule has 0 aromatic heterocycles. The molecule has 0 amide bonds. The van der Waals surface area contributed by atoms with E-state index < -0.39 is 0 Å². The van der Waals surface area contributed by atoms with Crippen molar-refractivity contribution in [3.05, 3.63) is 0 Å². The van der Waals surface area contributed by atoms with E-state index >= 15 is 0 Å². The lowest BCUT2D eigenvalue weighted by atomic mass is 9.90. The molecule has 1 aliphatic carbocycles. The van der Waals surface area contributed by atoms with Crippen molar-refractivity contribution in [3.8, 4) is 0 Å². The highest BCUT2D eigenvalue weighted by Crippen LogP contribution is 2.28. The average molecular weight is 270 g/mol. The van der Waals surface area contributed by atoms with Crippen molar-refractivity contribution >= 4 is 0 Å². The van der Waals surface area contributed by atoms with E-state index in [2.05, 4.69) is 24.1 Å². The van der Waals surface area contributed by atoms with E-state index in [-0.39, 0.29) is 6.10 Å². The molecule has 1 aliphatic heterocycles. The third-order valence-electron chi connectivity index (χ3n) is 4.22. The van der Waals surface area contributed by atoms with Crippen molar-refractivity contribution in [2.24, 2.45) is 5.92 Å². The molecular weight excluding hydrogens is 240 g/mol. The number of fused-ring (bicyclic) bond motifs is 1. The Balaban J connectivity index is 1.73. The summed E-state index contributed by atoms with van der Waals surface area (Å²) in [7, 11) is 0. The number of hydrogen-bond acceptors (Lipinski definition) is 4. The van der Waals surface area contributed by atoms with Gasteiger partial charge in [0.1, 0.15) is 0 Å². The van der Waals surface area contributed by atoms with Gasteiger partial charge in [-0.3, -0.25) is 4.90 Å². The number of aliphatic hydroxyl groups excluding tert-OH is 1. The largest absolute Gasteiger partial charge is 0.390 e. The first-order chi connectivity index (χ1) is 9.16. The summed E-state index contributed by atoms with van der Waals surface area (Å²) >= 11 is 0. The predicted molar refractivity (Wildman–Crippen MR) is 77.3 cm³/mol. The third kappa shape index (κ3) is 4.71.